The number of hydrogen-bond donors (Lipinski definition) is 2. The van der Waals surface area contributed by atoms with Gasteiger partial charge in [0.1, 0.15) is 0 Å². The summed E-state index contributed by atoms with van der Waals surface area (Å²) in [6.07, 6.45) is 3.76. The van der Waals surface area contributed by atoms with Crippen LogP contribution >= 0.6 is 11.3 Å². The van der Waals surface area contributed by atoms with Crippen LogP contribution in [0.3, 0.4) is 0 Å². The van der Waals surface area contributed by atoms with Crippen LogP contribution in [0, 0.1) is 24.5 Å². The first kappa shape index (κ1) is 20.5. The second-order valence-electron chi connectivity index (χ2n) is 6.96. The lowest BCUT2D eigenvalue weighted by Crippen LogP contribution is -2.38. The Hall–Kier alpha value is -2.22. The molecular formula is C20H27F2N5S. The summed E-state index contributed by atoms with van der Waals surface area (Å²) < 4.78 is 26.6. The third kappa shape index (κ3) is 5.64. The molecule has 1 unspecified atom stereocenters. The van der Waals surface area contributed by atoms with Gasteiger partial charge in [0.2, 0.25) is 0 Å². The van der Waals surface area contributed by atoms with Gasteiger partial charge in [-0.3, -0.25) is 4.99 Å². The highest BCUT2D eigenvalue weighted by molar-refractivity contribution is 7.11. The van der Waals surface area contributed by atoms with E-state index < -0.39 is 11.6 Å². The summed E-state index contributed by atoms with van der Waals surface area (Å²) in [6.45, 7) is 8.02. The van der Waals surface area contributed by atoms with Gasteiger partial charge in [-0.1, -0.05) is 0 Å². The van der Waals surface area contributed by atoms with Crippen LogP contribution in [0.5, 0.6) is 0 Å². The second kappa shape index (κ2) is 9.82. The minimum atomic E-state index is -0.807. The molecule has 1 aliphatic rings. The number of guanidine groups is 1. The summed E-state index contributed by atoms with van der Waals surface area (Å²) in [5.74, 6) is -0.404. The first-order chi connectivity index (χ1) is 13.5. The number of nitrogens with one attached hydrogen (secondary N) is 2. The van der Waals surface area contributed by atoms with Crippen molar-refractivity contribution in [3.63, 3.8) is 0 Å². The number of benzene rings is 1. The van der Waals surface area contributed by atoms with Gasteiger partial charge in [-0.05, 0) is 38.3 Å². The molecule has 0 saturated carbocycles. The van der Waals surface area contributed by atoms with E-state index >= 15 is 0 Å². The fourth-order valence-corrected chi connectivity index (χ4v) is 4.05. The molecule has 2 N–H and O–H groups in total. The van der Waals surface area contributed by atoms with E-state index in [9.17, 15) is 8.78 Å². The molecule has 1 aliphatic heterocycles. The molecule has 152 valence electrons. The van der Waals surface area contributed by atoms with Crippen LogP contribution in [0.15, 0.2) is 29.4 Å². The predicted octanol–water partition coefficient (Wildman–Crippen LogP) is 3.35. The zero-order chi connectivity index (χ0) is 19.9. The quantitative estimate of drug-likeness (QED) is 0.546. The first-order valence-electron chi connectivity index (χ1n) is 9.68. The average Bonchev–Trinajstić information content (AvgIpc) is 3.31. The summed E-state index contributed by atoms with van der Waals surface area (Å²) in [7, 11) is 0. The van der Waals surface area contributed by atoms with Gasteiger partial charge in [-0.25, -0.2) is 13.8 Å². The monoisotopic (exact) mass is 407 g/mol. The Bertz CT molecular complexity index is 808. The van der Waals surface area contributed by atoms with Crippen molar-refractivity contribution in [3.8, 4) is 0 Å². The maximum Gasteiger partial charge on any atom is 0.191 e. The Kier molecular flexibility index (Phi) is 7.19. The number of halogens is 2. The molecule has 0 amide bonds. The zero-order valence-corrected chi connectivity index (χ0v) is 17.2. The number of aromatic nitrogens is 1. The second-order valence-corrected chi connectivity index (χ2v) is 8.28. The van der Waals surface area contributed by atoms with Gasteiger partial charge in [0.05, 0.1) is 5.01 Å². The first-order valence-corrected chi connectivity index (χ1v) is 10.5. The van der Waals surface area contributed by atoms with E-state index in [1.54, 1.807) is 17.4 Å². The molecule has 5 nitrogen and oxygen atoms in total. The lowest BCUT2D eigenvalue weighted by molar-refractivity contribution is 0.508. The highest BCUT2D eigenvalue weighted by Crippen LogP contribution is 2.25. The van der Waals surface area contributed by atoms with Gasteiger partial charge >= 0.3 is 0 Å². The van der Waals surface area contributed by atoms with E-state index in [0.717, 1.165) is 55.7 Å². The highest BCUT2D eigenvalue weighted by Gasteiger charge is 2.23. The molecule has 0 spiro atoms. The van der Waals surface area contributed by atoms with E-state index in [1.807, 2.05) is 13.1 Å². The van der Waals surface area contributed by atoms with Gasteiger partial charge in [-0.2, -0.15) is 0 Å². The van der Waals surface area contributed by atoms with Crippen molar-refractivity contribution in [2.45, 2.75) is 26.7 Å². The summed E-state index contributed by atoms with van der Waals surface area (Å²) in [5.41, 5.74) is 0.731. The van der Waals surface area contributed by atoms with Gasteiger partial charge in [0.25, 0.3) is 0 Å². The maximum absolute atomic E-state index is 13.5. The van der Waals surface area contributed by atoms with E-state index in [4.69, 9.17) is 4.99 Å². The van der Waals surface area contributed by atoms with Gasteiger partial charge in [0.15, 0.2) is 17.6 Å². The summed E-state index contributed by atoms with van der Waals surface area (Å²) in [6, 6.07) is 4.09. The van der Waals surface area contributed by atoms with Crippen molar-refractivity contribution in [1.82, 2.24) is 15.6 Å². The molecule has 0 aliphatic carbocycles. The number of nitrogens with zero attached hydrogens (tertiary/aromatic N) is 3. The smallest absolute Gasteiger partial charge is 0.191 e. The summed E-state index contributed by atoms with van der Waals surface area (Å²) >= 11 is 1.72. The minimum Gasteiger partial charge on any atom is -0.371 e. The molecule has 3 rings (SSSR count). The van der Waals surface area contributed by atoms with Crippen molar-refractivity contribution in [1.29, 1.82) is 0 Å². The van der Waals surface area contributed by atoms with E-state index in [-0.39, 0.29) is 0 Å². The standard InChI is InChI=1S/C20H27F2N5S/c1-3-23-20(24-8-6-19-25-11-14(2)28-19)26-12-15-7-9-27(13-15)16-4-5-17(21)18(22)10-16/h4-5,10-11,15H,3,6-9,12-13H2,1-2H3,(H2,23,24,26). The van der Waals surface area contributed by atoms with Crippen LogP contribution in [-0.2, 0) is 6.42 Å². The van der Waals surface area contributed by atoms with Crippen molar-refractivity contribution < 1.29 is 8.78 Å². The fourth-order valence-electron chi connectivity index (χ4n) is 3.26. The fraction of sp³-hybridized carbons (Fsp3) is 0.500. The Balaban J connectivity index is 1.49. The van der Waals surface area contributed by atoms with Crippen molar-refractivity contribution in [2.24, 2.45) is 10.9 Å². The molecule has 1 aromatic heterocycles. The Morgan fingerprint density at radius 1 is 1.32 bits per heavy atom. The van der Waals surface area contributed by atoms with Gasteiger partial charge in [0, 0.05) is 62.0 Å². The largest absolute Gasteiger partial charge is 0.371 e. The number of aliphatic imine (C=N–C) groups is 1. The van der Waals surface area contributed by atoms with E-state index in [1.165, 1.54) is 17.0 Å². The number of anilines is 1. The molecular weight excluding hydrogens is 380 g/mol. The molecule has 0 radical (unpaired) electrons. The maximum atomic E-state index is 13.5. The molecule has 1 atom stereocenters. The minimum absolute atomic E-state index is 0.394. The summed E-state index contributed by atoms with van der Waals surface area (Å²) in [4.78, 5) is 12.4. The number of aryl methyl sites for hydroxylation is 1. The van der Waals surface area contributed by atoms with Gasteiger partial charge < -0.3 is 15.5 Å². The Morgan fingerprint density at radius 2 is 2.18 bits per heavy atom. The topological polar surface area (TPSA) is 52.6 Å². The lowest BCUT2D eigenvalue weighted by atomic mass is 10.1. The number of thiazole rings is 1. The van der Waals surface area contributed by atoms with Crippen LogP contribution in [0.1, 0.15) is 23.2 Å². The molecule has 28 heavy (non-hydrogen) atoms. The average molecular weight is 408 g/mol. The molecule has 8 heteroatoms. The Morgan fingerprint density at radius 3 is 2.89 bits per heavy atom. The van der Waals surface area contributed by atoms with Crippen LogP contribution in [-0.4, -0.2) is 43.7 Å². The van der Waals surface area contributed by atoms with Crippen molar-refractivity contribution in [2.75, 3.05) is 37.6 Å². The molecule has 2 aromatic rings. The molecule has 1 fully saturated rings. The normalized spacial score (nSPS) is 17.2. The lowest BCUT2D eigenvalue weighted by Gasteiger charge is -2.18. The molecule has 1 aromatic carbocycles. The van der Waals surface area contributed by atoms with E-state index in [0.29, 0.717) is 12.5 Å². The van der Waals surface area contributed by atoms with Crippen molar-refractivity contribution in [3.05, 3.63) is 45.9 Å². The number of hydrogen-bond acceptors (Lipinski definition) is 4. The SMILES string of the molecule is CCNC(=NCC1CCN(c2ccc(F)c(F)c2)C1)NCCc1ncc(C)s1. The number of rotatable bonds is 7. The third-order valence-corrected chi connectivity index (χ3v) is 5.68. The van der Waals surface area contributed by atoms with Crippen LogP contribution in [0.2, 0.25) is 0 Å². The van der Waals surface area contributed by atoms with Crippen LogP contribution in [0.25, 0.3) is 0 Å². The highest BCUT2D eigenvalue weighted by atomic mass is 32.1. The van der Waals surface area contributed by atoms with Gasteiger partial charge in [-0.15, -0.1) is 11.3 Å². The van der Waals surface area contributed by atoms with Crippen LogP contribution in [0.4, 0.5) is 14.5 Å². The molecule has 0 bridgehead atoms. The molecule has 2 heterocycles. The molecule has 1 saturated heterocycles. The predicted molar refractivity (Wildman–Crippen MR) is 111 cm³/mol. The van der Waals surface area contributed by atoms with Crippen LogP contribution < -0.4 is 15.5 Å². The Labute approximate surface area is 168 Å². The van der Waals surface area contributed by atoms with Crippen molar-refractivity contribution >= 4 is 23.0 Å². The van der Waals surface area contributed by atoms with E-state index in [2.05, 4.69) is 27.4 Å². The summed E-state index contributed by atoms with van der Waals surface area (Å²) in [5, 5.41) is 7.76. The zero-order valence-electron chi connectivity index (χ0n) is 16.3. The third-order valence-electron chi connectivity index (χ3n) is 4.71.